The van der Waals surface area contributed by atoms with Crippen molar-refractivity contribution in [3.05, 3.63) is 205 Å². The van der Waals surface area contributed by atoms with Crippen LogP contribution in [0.1, 0.15) is 22.3 Å². The highest BCUT2D eigenvalue weighted by atomic mass is 32.2. The number of nitrogens with zero attached hydrogens (tertiary/aromatic N) is 4. The molecule has 1 atom stereocenters. The highest BCUT2D eigenvalue weighted by molar-refractivity contribution is 7.99. The monoisotopic (exact) mass is 734 g/mol. The summed E-state index contributed by atoms with van der Waals surface area (Å²) in [5.41, 5.74) is 13.9. The zero-order valence-corrected chi connectivity index (χ0v) is 30.7. The van der Waals surface area contributed by atoms with Gasteiger partial charge in [-0.2, -0.15) is 0 Å². The first-order valence-electron chi connectivity index (χ1n) is 18.8. The van der Waals surface area contributed by atoms with E-state index in [2.05, 4.69) is 163 Å². The average Bonchev–Trinajstić information content (AvgIpc) is 3.55. The molecular weight excluding hydrogens is 705 g/mol. The van der Waals surface area contributed by atoms with Crippen LogP contribution in [0.15, 0.2) is 192 Å². The Bertz CT molecular complexity index is 3070. The predicted octanol–water partition coefficient (Wildman–Crippen LogP) is 12.8. The minimum Gasteiger partial charge on any atom is -0.452 e. The summed E-state index contributed by atoms with van der Waals surface area (Å²) >= 11 is 1.78. The van der Waals surface area contributed by atoms with Crippen molar-refractivity contribution in [1.82, 2.24) is 15.0 Å². The van der Waals surface area contributed by atoms with Crippen LogP contribution in [0.25, 0.3) is 44.7 Å². The molecule has 12 rings (SSSR count). The van der Waals surface area contributed by atoms with Crippen LogP contribution in [0.3, 0.4) is 0 Å². The molecule has 0 N–H and O–H groups in total. The Morgan fingerprint density at radius 2 is 1.21 bits per heavy atom. The molecule has 9 aromatic rings. The molecular formula is C50H30N4OS. The molecule has 262 valence electrons. The summed E-state index contributed by atoms with van der Waals surface area (Å²) in [6.07, 6.45) is 3.75. The van der Waals surface area contributed by atoms with Crippen LogP contribution in [0.4, 0.5) is 17.1 Å². The molecule has 2 aliphatic heterocycles. The maximum Gasteiger partial charge on any atom is 0.165 e. The SMILES string of the molecule is c1ccc(N2c3ccccc3Oc3c2ccc2c3Sc3ccccc3C23c2cccnc2-c2nc(-c4ccccc4-c4cccc5cccnc45)ccc23)cc1. The molecule has 0 saturated heterocycles. The summed E-state index contributed by atoms with van der Waals surface area (Å²) in [6, 6.07) is 59.9. The molecule has 56 heavy (non-hydrogen) atoms. The van der Waals surface area contributed by atoms with E-state index in [4.69, 9.17) is 19.7 Å². The van der Waals surface area contributed by atoms with Gasteiger partial charge in [0.2, 0.25) is 0 Å². The molecule has 0 radical (unpaired) electrons. The second kappa shape index (κ2) is 12.0. The van der Waals surface area contributed by atoms with Gasteiger partial charge in [0.1, 0.15) is 0 Å². The molecule has 3 aliphatic rings. The van der Waals surface area contributed by atoms with E-state index in [0.29, 0.717) is 0 Å². The van der Waals surface area contributed by atoms with Gasteiger partial charge < -0.3 is 9.64 Å². The number of benzene rings is 6. The first-order chi connectivity index (χ1) is 27.8. The number of anilines is 3. The van der Waals surface area contributed by atoms with Gasteiger partial charge in [0.15, 0.2) is 11.5 Å². The van der Waals surface area contributed by atoms with Crippen LogP contribution >= 0.6 is 11.8 Å². The highest BCUT2D eigenvalue weighted by Crippen LogP contribution is 2.65. The number of hydrogen-bond donors (Lipinski definition) is 0. The second-order valence-electron chi connectivity index (χ2n) is 14.3. The van der Waals surface area contributed by atoms with Crippen LogP contribution in [0.5, 0.6) is 11.5 Å². The first-order valence-corrected chi connectivity index (χ1v) is 19.6. The van der Waals surface area contributed by atoms with Gasteiger partial charge in [0.25, 0.3) is 0 Å². The Balaban J connectivity index is 1.10. The standard InChI is InChI=1S/C50H30N4OS/c1-2-15-32(16-3-1)54-41-22-7-8-23-43(41)55-48-42(54)28-26-39-49(48)56-44-24-9-6-20-36(44)50(39)37-21-12-30-52-46(37)47-38(50)25-27-40(53-47)34-18-5-4-17-33(34)35-19-10-13-31-14-11-29-51-45(31)35/h1-30H. The van der Waals surface area contributed by atoms with Crippen LogP contribution in [0.2, 0.25) is 0 Å². The molecule has 0 bridgehead atoms. The fourth-order valence-electron chi connectivity index (χ4n) is 9.14. The predicted molar refractivity (Wildman–Crippen MR) is 224 cm³/mol. The number of pyridine rings is 3. The van der Waals surface area contributed by atoms with E-state index in [1.54, 1.807) is 11.8 Å². The van der Waals surface area contributed by atoms with Gasteiger partial charge >= 0.3 is 0 Å². The Morgan fingerprint density at radius 1 is 0.500 bits per heavy atom. The number of hydrogen-bond acceptors (Lipinski definition) is 6. The molecule has 1 spiro atoms. The van der Waals surface area contributed by atoms with Crippen molar-refractivity contribution in [3.8, 4) is 45.3 Å². The lowest BCUT2D eigenvalue weighted by atomic mass is 9.67. The van der Waals surface area contributed by atoms with E-state index in [1.165, 1.54) is 10.5 Å². The summed E-state index contributed by atoms with van der Waals surface area (Å²) in [5, 5.41) is 1.11. The molecule has 0 amide bonds. The van der Waals surface area contributed by atoms with Crippen LogP contribution in [-0.2, 0) is 5.41 Å². The van der Waals surface area contributed by atoms with E-state index < -0.39 is 5.41 Å². The fourth-order valence-corrected chi connectivity index (χ4v) is 10.4. The molecule has 5 nitrogen and oxygen atoms in total. The van der Waals surface area contributed by atoms with Crippen molar-refractivity contribution in [3.63, 3.8) is 0 Å². The van der Waals surface area contributed by atoms with Gasteiger partial charge in [-0.3, -0.25) is 9.97 Å². The summed E-state index contributed by atoms with van der Waals surface area (Å²) in [4.78, 5) is 20.1. The first kappa shape index (κ1) is 31.3. The third-order valence-electron chi connectivity index (χ3n) is 11.4. The summed E-state index contributed by atoms with van der Waals surface area (Å²) in [6.45, 7) is 0. The van der Waals surface area contributed by atoms with Crippen molar-refractivity contribution in [2.75, 3.05) is 4.90 Å². The third-order valence-corrected chi connectivity index (χ3v) is 12.6. The molecule has 1 unspecified atom stereocenters. The lowest BCUT2D eigenvalue weighted by Gasteiger charge is -2.41. The Morgan fingerprint density at radius 3 is 2.16 bits per heavy atom. The molecule has 1 aliphatic carbocycles. The highest BCUT2D eigenvalue weighted by Gasteiger charge is 2.53. The van der Waals surface area contributed by atoms with E-state index in [1.807, 2.05) is 24.5 Å². The number of ether oxygens (including phenoxy) is 1. The van der Waals surface area contributed by atoms with Crippen LogP contribution in [-0.4, -0.2) is 15.0 Å². The molecule has 0 saturated carbocycles. The largest absolute Gasteiger partial charge is 0.452 e. The minimum absolute atomic E-state index is 0.673. The molecule has 5 heterocycles. The lowest BCUT2D eigenvalue weighted by Crippen LogP contribution is -2.32. The number of rotatable bonds is 3. The third kappa shape index (κ3) is 4.30. The topological polar surface area (TPSA) is 51.1 Å². The Labute approximate surface area is 328 Å². The van der Waals surface area contributed by atoms with Gasteiger partial charge in [0.05, 0.1) is 44.3 Å². The zero-order valence-electron chi connectivity index (χ0n) is 29.9. The van der Waals surface area contributed by atoms with E-state index >= 15 is 0 Å². The zero-order chi connectivity index (χ0) is 36.8. The second-order valence-corrected chi connectivity index (χ2v) is 15.4. The van der Waals surface area contributed by atoms with Crippen molar-refractivity contribution in [2.24, 2.45) is 0 Å². The number of para-hydroxylation sites is 4. The van der Waals surface area contributed by atoms with E-state index in [0.717, 1.165) is 94.8 Å². The smallest absolute Gasteiger partial charge is 0.165 e. The van der Waals surface area contributed by atoms with E-state index in [9.17, 15) is 0 Å². The van der Waals surface area contributed by atoms with Crippen LogP contribution < -0.4 is 9.64 Å². The van der Waals surface area contributed by atoms with Crippen molar-refractivity contribution < 1.29 is 4.74 Å². The lowest BCUT2D eigenvalue weighted by molar-refractivity contribution is 0.461. The summed E-state index contributed by atoms with van der Waals surface area (Å²) in [7, 11) is 0. The van der Waals surface area contributed by atoms with Crippen molar-refractivity contribution in [2.45, 2.75) is 15.2 Å². The number of aromatic nitrogens is 3. The van der Waals surface area contributed by atoms with Gasteiger partial charge in [-0.1, -0.05) is 127 Å². The molecule has 6 aromatic carbocycles. The fraction of sp³-hybridized carbons (Fsp3) is 0.0200. The average molecular weight is 735 g/mol. The summed E-state index contributed by atoms with van der Waals surface area (Å²) < 4.78 is 6.99. The Hall–Kier alpha value is -7.02. The Kier molecular flexibility index (Phi) is 6.71. The maximum absolute atomic E-state index is 6.99. The maximum atomic E-state index is 6.99. The van der Waals surface area contributed by atoms with Crippen molar-refractivity contribution in [1.29, 1.82) is 0 Å². The van der Waals surface area contributed by atoms with Gasteiger partial charge in [0, 0.05) is 39.5 Å². The molecule has 3 aromatic heterocycles. The summed E-state index contributed by atoms with van der Waals surface area (Å²) in [5.74, 6) is 1.68. The van der Waals surface area contributed by atoms with Crippen molar-refractivity contribution >= 4 is 39.7 Å². The minimum atomic E-state index is -0.673. The van der Waals surface area contributed by atoms with Gasteiger partial charge in [-0.15, -0.1) is 0 Å². The van der Waals surface area contributed by atoms with Gasteiger partial charge in [-0.25, -0.2) is 4.98 Å². The molecule has 0 fully saturated rings. The molecule has 6 heteroatoms. The van der Waals surface area contributed by atoms with Gasteiger partial charge in [-0.05, 0) is 82.4 Å². The van der Waals surface area contributed by atoms with Crippen LogP contribution in [0, 0.1) is 0 Å². The van der Waals surface area contributed by atoms with E-state index in [-0.39, 0.29) is 0 Å². The number of fused-ring (bicyclic) bond motifs is 13. The normalized spacial score (nSPS) is 15.6. The quantitative estimate of drug-likeness (QED) is 0.180.